The number of rotatable bonds is 8. The molecule has 0 unspecified atom stereocenters. The van der Waals surface area contributed by atoms with E-state index in [1.807, 2.05) is 31.3 Å². The Morgan fingerprint density at radius 1 is 1.20 bits per heavy atom. The fourth-order valence-corrected chi connectivity index (χ4v) is 4.17. The summed E-state index contributed by atoms with van der Waals surface area (Å²) in [7, 11) is 0.219. The lowest BCUT2D eigenvalue weighted by atomic mass is 10.1. The van der Waals surface area contributed by atoms with Gasteiger partial charge in [0.25, 0.3) is 0 Å². The summed E-state index contributed by atoms with van der Waals surface area (Å²) in [4.78, 5) is 14.0. The third-order valence-corrected chi connectivity index (χ3v) is 6.22. The Morgan fingerprint density at radius 2 is 1.88 bits per heavy atom. The quantitative estimate of drug-likeness (QED) is 0.714. The van der Waals surface area contributed by atoms with Gasteiger partial charge in [0.15, 0.2) is 0 Å². The standard InChI is InChI=1S/C17H27N3O4S/c1-19-10-12-20(13-11-19)25(22,23)14-8-17(21)18-9-7-15-5-3-4-6-16(15)24-2/h3-6H,7-14H2,1-2H3,(H,18,21). The zero-order valence-corrected chi connectivity index (χ0v) is 15.7. The molecule has 0 atom stereocenters. The predicted octanol–water partition coefficient (Wildman–Crippen LogP) is 0.321. The number of carbonyl (C=O) groups excluding carboxylic acids is 1. The van der Waals surface area contributed by atoms with E-state index >= 15 is 0 Å². The van der Waals surface area contributed by atoms with Crippen molar-refractivity contribution < 1.29 is 17.9 Å². The Labute approximate surface area is 150 Å². The summed E-state index contributed by atoms with van der Waals surface area (Å²) in [5, 5.41) is 2.78. The van der Waals surface area contributed by atoms with Crippen LogP contribution in [0.1, 0.15) is 12.0 Å². The van der Waals surface area contributed by atoms with Crippen molar-refractivity contribution in [1.29, 1.82) is 0 Å². The molecule has 1 N–H and O–H groups in total. The van der Waals surface area contributed by atoms with E-state index < -0.39 is 10.0 Å². The largest absolute Gasteiger partial charge is 0.496 e. The van der Waals surface area contributed by atoms with E-state index in [0.29, 0.717) is 26.1 Å². The van der Waals surface area contributed by atoms with Crippen LogP contribution in [0.15, 0.2) is 24.3 Å². The first-order valence-corrected chi connectivity index (χ1v) is 10.1. The molecule has 1 aromatic rings. The number of nitrogens with one attached hydrogen (secondary N) is 1. The highest BCUT2D eigenvalue weighted by molar-refractivity contribution is 7.89. The van der Waals surface area contributed by atoms with Gasteiger partial charge in [0.05, 0.1) is 12.9 Å². The fourth-order valence-electron chi connectivity index (χ4n) is 2.75. The number of piperazine rings is 1. The first-order chi connectivity index (χ1) is 11.9. The van der Waals surface area contributed by atoms with E-state index in [0.717, 1.165) is 24.4 Å². The third kappa shape index (κ3) is 5.98. The molecule has 1 saturated heterocycles. The highest BCUT2D eigenvalue weighted by atomic mass is 32.2. The molecule has 1 fully saturated rings. The van der Waals surface area contributed by atoms with Gasteiger partial charge >= 0.3 is 0 Å². The number of carbonyl (C=O) groups is 1. The summed E-state index contributed by atoms with van der Waals surface area (Å²) in [6.07, 6.45) is 0.627. The molecule has 1 aromatic carbocycles. The van der Waals surface area contributed by atoms with Crippen LogP contribution in [-0.2, 0) is 21.2 Å². The first kappa shape index (κ1) is 19.7. The maximum Gasteiger partial charge on any atom is 0.221 e. The van der Waals surface area contributed by atoms with Gasteiger partial charge in [0, 0.05) is 39.1 Å². The zero-order valence-electron chi connectivity index (χ0n) is 14.9. The topological polar surface area (TPSA) is 78.9 Å². The van der Waals surface area contributed by atoms with E-state index in [1.165, 1.54) is 4.31 Å². The third-order valence-electron chi connectivity index (χ3n) is 4.35. The summed E-state index contributed by atoms with van der Waals surface area (Å²) < 4.78 is 31.3. The molecule has 0 radical (unpaired) electrons. The fraction of sp³-hybridized carbons (Fsp3) is 0.588. The van der Waals surface area contributed by atoms with Crippen molar-refractivity contribution in [3.8, 4) is 5.75 Å². The molecule has 1 aliphatic rings. The minimum Gasteiger partial charge on any atom is -0.496 e. The molecule has 1 amide bonds. The van der Waals surface area contributed by atoms with Crippen molar-refractivity contribution >= 4 is 15.9 Å². The van der Waals surface area contributed by atoms with Gasteiger partial charge < -0.3 is 15.0 Å². The summed E-state index contributed by atoms with van der Waals surface area (Å²) in [5.74, 6) is 0.402. The number of hydrogen-bond acceptors (Lipinski definition) is 5. The molecule has 1 heterocycles. The second-order valence-electron chi connectivity index (χ2n) is 6.18. The van der Waals surface area contributed by atoms with Gasteiger partial charge in [-0.25, -0.2) is 8.42 Å². The molecule has 140 valence electrons. The summed E-state index contributed by atoms with van der Waals surface area (Å²) in [6.45, 7) is 2.89. The maximum atomic E-state index is 12.3. The molecule has 0 spiro atoms. The van der Waals surface area contributed by atoms with Crippen molar-refractivity contribution in [3.63, 3.8) is 0 Å². The van der Waals surface area contributed by atoms with Crippen LogP contribution >= 0.6 is 0 Å². The van der Waals surface area contributed by atoms with Crippen molar-refractivity contribution in [2.45, 2.75) is 12.8 Å². The smallest absolute Gasteiger partial charge is 0.221 e. The Morgan fingerprint density at radius 3 is 2.56 bits per heavy atom. The monoisotopic (exact) mass is 369 g/mol. The van der Waals surface area contributed by atoms with Crippen LogP contribution < -0.4 is 10.1 Å². The van der Waals surface area contributed by atoms with Gasteiger partial charge in [-0.3, -0.25) is 4.79 Å². The highest BCUT2D eigenvalue weighted by Gasteiger charge is 2.26. The number of hydrogen-bond donors (Lipinski definition) is 1. The van der Waals surface area contributed by atoms with Crippen LogP contribution in [0, 0.1) is 0 Å². The number of methoxy groups -OCH3 is 1. The number of ether oxygens (including phenoxy) is 1. The molecular formula is C17H27N3O4S. The van der Waals surface area contributed by atoms with E-state index in [2.05, 4.69) is 10.2 Å². The van der Waals surface area contributed by atoms with E-state index in [4.69, 9.17) is 4.74 Å². The minimum absolute atomic E-state index is 0.0133. The lowest BCUT2D eigenvalue weighted by Gasteiger charge is -2.31. The molecule has 25 heavy (non-hydrogen) atoms. The van der Waals surface area contributed by atoms with Crippen molar-refractivity contribution in [3.05, 3.63) is 29.8 Å². The number of nitrogens with zero attached hydrogens (tertiary/aromatic N) is 2. The maximum absolute atomic E-state index is 12.3. The average Bonchev–Trinajstić information content (AvgIpc) is 2.61. The number of sulfonamides is 1. The van der Waals surface area contributed by atoms with Crippen LogP contribution in [0.2, 0.25) is 0 Å². The Bertz CT molecular complexity index is 670. The summed E-state index contributed by atoms with van der Waals surface area (Å²) in [5.41, 5.74) is 1.01. The van der Waals surface area contributed by atoms with Gasteiger partial charge in [0.2, 0.25) is 15.9 Å². The van der Waals surface area contributed by atoms with Gasteiger partial charge in [-0.1, -0.05) is 18.2 Å². The molecule has 0 saturated carbocycles. The number of para-hydroxylation sites is 1. The van der Waals surface area contributed by atoms with Crippen molar-refractivity contribution in [1.82, 2.24) is 14.5 Å². The van der Waals surface area contributed by atoms with Crippen LogP contribution in [-0.4, -0.2) is 76.2 Å². The van der Waals surface area contributed by atoms with Gasteiger partial charge in [-0.2, -0.15) is 4.31 Å². The molecule has 8 heteroatoms. The van der Waals surface area contributed by atoms with Gasteiger partial charge in [-0.15, -0.1) is 0 Å². The van der Waals surface area contributed by atoms with Crippen LogP contribution in [0.5, 0.6) is 5.75 Å². The molecule has 0 aromatic heterocycles. The molecule has 1 aliphatic heterocycles. The average molecular weight is 369 g/mol. The van der Waals surface area contributed by atoms with E-state index in [-0.39, 0.29) is 18.1 Å². The van der Waals surface area contributed by atoms with Crippen LogP contribution in [0.3, 0.4) is 0 Å². The number of likely N-dealkylation sites (N-methyl/N-ethyl adjacent to an activating group) is 1. The second kappa shape index (κ2) is 9.17. The molecule has 0 bridgehead atoms. The Balaban J connectivity index is 1.73. The highest BCUT2D eigenvalue weighted by Crippen LogP contribution is 2.17. The number of amides is 1. The van der Waals surface area contributed by atoms with Crippen LogP contribution in [0.25, 0.3) is 0 Å². The molecular weight excluding hydrogens is 342 g/mol. The SMILES string of the molecule is COc1ccccc1CCNC(=O)CCS(=O)(=O)N1CCN(C)CC1. The predicted molar refractivity (Wildman–Crippen MR) is 97.2 cm³/mol. The Kier molecular flexibility index (Phi) is 7.22. The normalized spacial score (nSPS) is 16.6. The second-order valence-corrected chi connectivity index (χ2v) is 8.27. The zero-order chi connectivity index (χ0) is 18.3. The van der Waals surface area contributed by atoms with Crippen molar-refractivity contribution in [2.24, 2.45) is 0 Å². The minimum atomic E-state index is -3.36. The number of benzene rings is 1. The van der Waals surface area contributed by atoms with E-state index in [1.54, 1.807) is 7.11 Å². The first-order valence-electron chi connectivity index (χ1n) is 8.47. The Hall–Kier alpha value is -1.64. The lowest BCUT2D eigenvalue weighted by molar-refractivity contribution is -0.120. The van der Waals surface area contributed by atoms with Crippen LogP contribution in [0.4, 0.5) is 0 Å². The van der Waals surface area contributed by atoms with E-state index in [9.17, 15) is 13.2 Å². The van der Waals surface area contributed by atoms with Gasteiger partial charge in [-0.05, 0) is 25.1 Å². The molecule has 7 nitrogen and oxygen atoms in total. The van der Waals surface area contributed by atoms with Crippen molar-refractivity contribution in [2.75, 3.05) is 52.6 Å². The van der Waals surface area contributed by atoms with Gasteiger partial charge in [0.1, 0.15) is 5.75 Å². The lowest BCUT2D eigenvalue weighted by Crippen LogP contribution is -2.48. The summed E-state index contributed by atoms with van der Waals surface area (Å²) in [6, 6.07) is 7.63. The molecule has 0 aliphatic carbocycles. The molecule has 2 rings (SSSR count). The summed E-state index contributed by atoms with van der Waals surface area (Å²) >= 11 is 0.